The van der Waals surface area contributed by atoms with Crippen LogP contribution in [-0.2, 0) is 20.0 Å². The van der Waals surface area contributed by atoms with Crippen LogP contribution in [0.25, 0.3) is 0 Å². The van der Waals surface area contributed by atoms with Crippen molar-refractivity contribution in [3.8, 4) is 0 Å². The van der Waals surface area contributed by atoms with E-state index in [9.17, 15) is 26.4 Å². The highest BCUT2D eigenvalue weighted by Gasteiger charge is 2.24. The largest absolute Gasteiger partial charge is 0.478 e. The lowest BCUT2D eigenvalue weighted by molar-refractivity contribution is 0.0696. The topological polar surface area (TPSA) is 167 Å². The van der Waals surface area contributed by atoms with Gasteiger partial charge in [-0.2, -0.15) is 8.61 Å². The summed E-state index contributed by atoms with van der Waals surface area (Å²) in [7, 11) is -7.01. The summed E-state index contributed by atoms with van der Waals surface area (Å²) in [6, 6.07) is 11.5. The molecule has 0 atom stereocenters. The molecule has 0 radical (unpaired) electrons. The molecule has 0 fully saturated rings. The van der Waals surface area contributed by atoms with Gasteiger partial charge >= 0.3 is 5.97 Å². The number of nitrogens with two attached hydrogens (primary N) is 1. The number of carbonyl (C=O) groups is 2. The number of carboxylic acids is 1. The number of nitrogens with one attached hydrogen (secondary N) is 1. The Kier molecular flexibility index (Phi) is 22.9. The molecule has 0 bridgehead atoms. The summed E-state index contributed by atoms with van der Waals surface area (Å²) in [5, 5.41) is 11.6. The number of hydrogen-bond donors (Lipinski definition) is 3. The molecular formula is C34H58N4O7S2. The number of carbonyl (C=O) groups excluding carboxylic acids is 1. The Morgan fingerprint density at radius 3 is 1.26 bits per heavy atom. The first kappa shape index (κ1) is 44.2. The number of nitrogens with zero attached hydrogens (tertiary/aromatic N) is 2. The minimum atomic E-state index is -3.53. The first-order chi connectivity index (χ1) is 22.3. The predicted octanol–water partition coefficient (Wildman–Crippen LogP) is 5.97. The van der Waals surface area contributed by atoms with E-state index >= 15 is 0 Å². The highest BCUT2D eigenvalue weighted by molar-refractivity contribution is 7.89. The van der Waals surface area contributed by atoms with Crippen molar-refractivity contribution in [3.05, 3.63) is 59.7 Å². The number of sulfonamides is 2. The minimum Gasteiger partial charge on any atom is -0.478 e. The van der Waals surface area contributed by atoms with Crippen molar-refractivity contribution in [2.75, 3.05) is 39.3 Å². The molecule has 47 heavy (non-hydrogen) atoms. The maximum absolute atomic E-state index is 12.6. The number of rotatable bonds is 19. The average molecular weight is 699 g/mol. The van der Waals surface area contributed by atoms with Gasteiger partial charge in [-0.1, -0.05) is 54.4 Å². The molecule has 0 aromatic heterocycles. The van der Waals surface area contributed by atoms with Crippen LogP contribution in [0, 0.1) is 0 Å². The molecule has 0 aliphatic carbocycles. The van der Waals surface area contributed by atoms with Crippen LogP contribution in [0.5, 0.6) is 0 Å². The molecule has 268 valence electrons. The van der Waals surface area contributed by atoms with Crippen molar-refractivity contribution in [2.45, 2.75) is 103 Å². The van der Waals surface area contributed by atoms with Crippen molar-refractivity contribution < 1.29 is 31.5 Å². The van der Waals surface area contributed by atoms with Gasteiger partial charge in [-0.05, 0) is 93.6 Å². The second kappa shape index (κ2) is 24.3. The Hall–Kier alpha value is -2.84. The van der Waals surface area contributed by atoms with Gasteiger partial charge in [0.25, 0.3) is 5.91 Å². The van der Waals surface area contributed by atoms with E-state index < -0.39 is 26.0 Å². The molecule has 2 aromatic carbocycles. The predicted molar refractivity (Wildman–Crippen MR) is 190 cm³/mol. The molecule has 2 aromatic rings. The van der Waals surface area contributed by atoms with Gasteiger partial charge in [0, 0.05) is 38.3 Å². The van der Waals surface area contributed by atoms with E-state index in [1.807, 2.05) is 27.7 Å². The van der Waals surface area contributed by atoms with Gasteiger partial charge in [-0.3, -0.25) is 4.79 Å². The third-order valence-corrected chi connectivity index (χ3v) is 10.6. The van der Waals surface area contributed by atoms with Crippen molar-refractivity contribution in [1.82, 2.24) is 13.9 Å². The summed E-state index contributed by atoms with van der Waals surface area (Å²) in [6.45, 7) is 15.4. The number of amides is 1. The maximum Gasteiger partial charge on any atom is 0.335 e. The first-order valence-electron chi connectivity index (χ1n) is 16.7. The highest BCUT2D eigenvalue weighted by Crippen LogP contribution is 2.18. The quantitative estimate of drug-likeness (QED) is 0.151. The van der Waals surface area contributed by atoms with Gasteiger partial charge in [0.1, 0.15) is 0 Å². The van der Waals surface area contributed by atoms with Crippen LogP contribution in [0.2, 0.25) is 0 Å². The van der Waals surface area contributed by atoms with E-state index in [4.69, 9.17) is 10.8 Å². The number of carboxylic acid groups (broad SMARTS) is 1. The summed E-state index contributed by atoms with van der Waals surface area (Å²) < 4.78 is 52.9. The monoisotopic (exact) mass is 698 g/mol. The van der Waals surface area contributed by atoms with Gasteiger partial charge < -0.3 is 16.2 Å². The van der Waals surface area contributed by atoms with E-state index in [1.54, 1.807) is 12.1 Å². The van der Waals surface area contributed by atoms with E-state index in [-0.39, 0.29) is 21.3 Å². The fourth-order valence-electron chi connectivity index (χ4n) is 4.23. The van der Waals surface area contributed by atoms with E-state index in [0.717, 1.165) is 45.1 Å². The van der Waals surface area contributed by atoms with E-state index in [1.165, 1.54) is 57.9 Å². The Morgan fingerprint density at radius 1 is 0.617 bits per heavy atom. The summed E-state index contributed by atoms with van der Waals surface area (Å²) in [5.41, 5.74) is 5.70. The lowest BCUT2D eigenvalue weighted by Gasteiger charge is -2.21. The van der Waals surface area contributed by atoms with E-state index in [2.05, 4.69) is 19.2 Å². The van der Waals surface area contributed by atoms with Gasteiger partial charge in [-0.25, -0.2) is 21.6 Å². The van der Waals surface area contributed by atoms with Gasteiger partial charge in [0.05, 0.1) is 15.4 Å². The number of benzene rings is 2. The summed E-state index contributed by atoms with van der Waals surface area (Å²) in [6.07, 6.45) is 7.37. The fraction of sp³-hybridized carbons (Fsp3) is 0.588. The molecule has 1 amide bonds. The zero-order valence-electron chi connectivity index (χ0n) is 29.2. The second-order valence-electron chi connectivity index (χ2n) is 10.9. The smallest absolute Gasteiger partial charge is 0.335 e. The number of unbranched alkanes of at least 4 members (excludes halogenated alkanes) is 2. The number of hydrogen-bond acceptors (Lipinski definition) is 7. The highest BCUT2D eigenvalue weighted by atomic mass is 32.2. The zero-order valence-corrected chi connectivity index (χ0v) is 30.8. The molecular weight excluding hydrogens is 641 g/mol. The SMILES string of the molecule is CCCCN.CCCCNC(=O)c1ccc(S(=O)(=O)N(CCC)CCC)cc1.CCCN(CCC)S(=O)(=O)c1ccc(C(=O)O)cc1. The lowest BCUT2D eigenvalue weighted by Crippen LogP contribution is -2.32. The van der Waals surface area contributed by atoms with Gasteiger partial charge in [0.2, 0.25) is 20.0 Å². The standard InChI is InChI=1S/C17H28N2O3S.C13H19NO4S.C4H11N/c1-4-7-12-18-17(20)15-8-10-16(11-9-15)23(21,22)19(13-5-2)14-6-3;1-3-9-14(10-4-2)19(17,18)12-7-5-11(6-8-12)13(15)16;1-2-3-4-5/h8-11H,4-7,12-14H2,1-3H3,(H,18,20);5-8H,3-4,9-10H2,1-2H3,(H,15,16);2-5H2,1H3. The summed E-state index contributed by atoms with van der Waals surface area (Å²) in [4.78, 5) is 23.1. The molecule has 0 spiro atoms. The Bertz CT molecular complexity index is 1350. The normalized spacial score (nSPS) is 11.3. The molecule has 0 saturated carbocycles. The van der Waals surface area contributed by atoms with Crippen molar-refractivity contribution >= 4 is 31.9 Å². The summed E-state index contributed by atoms with van der Waals surface area (Å²) in [5.74, 6) is -1.23. The van der Waals surface area contributed by atoms with Crippen LogP contribution in [-0.4, -0.2) is 81.7 Å². The molecule has 0 aliphatic heterocycles. The number of aromatic carboxylic acids is 1. The molecule has 4 N–H and O–H groups in total. The van der Waals surface area contributed by atoms with Crippen molar-refractivity contribution in [1.29, 1.82) is 0 Å². The van der Waals surface area contributed by atoms with Crippen LogP contribution in [0.15, 0.2) is 58.3 Å². The molecule has 0 heterocycles. The van der Waals surface area contributed by atoms with Crippen molar-refractivity contribution in [2.24, 2.45) is 5.73 Å². The van der Waals surface area contributed by atoms with E-state index in [0.29, 0.717) is 38.3 Å². The lowest BCUT2D eigenvalue weighted by atomic mass is 10.2. The fourth-order valence-corrected chi connectivity index (χ4v) is 7.48. The zero-order chi connectivity index (χ0) is 35.9. The second-order valence-corrected chi connectivity index (χ2v) is 14.8. The maximum atomic E-state index is 12.6. The molecule has 11 nitrogen and oxygen atoms in total. The van der Waals surface area contributed by atoms with Crippen LogP contribution < -0.4 is 11.1 Å². The third kappa shape index (κ3) is 15.7. The van der Waals surface area contributed by atoms with Crippen molar-refractivity contribution in [3.63, 3.8) is 0 Å². The van der Waals surface area contributed by atoms with Crippen LogP contribution in [0.1, 0.15) is 114 Å². The summed E-state index contributed by atoms with van der Waals surface area (Å²) >= 11 is 0. The van der Waals surface area contributed by atoms with Crippen LogP contribution in [0.4, 0.5) is 0 Å². The Balaban J connectivity index is 0.000000797. The molecule has 0 aliphatic rings. The minimum absolute atomic E-state index is 0.0801. The molecule has 0 saturated heterocycles. The first-order valence-corrected chi connectivity index (χ1v) is 19.6. The van der Waals surface area contributed by atoms with Gasteiger partial charge in [-0.15, -0.1) is 0 Å². The molecule has 0 unspecified atom stereocenters. The van der Waals surface area contributed by atoms with Crippen LogP contribution in [0.3, 0.4) is 0 Å². The molecule has 2 rings (SSSR count). The molecule has 13 heteroatoms. The Morgan fingerprint density at radius 2 is 0.979 bits per heavy atom. The third-order valence-electron chi connectivity index (χ3n) is 6.76. The Labute approximate surface area is 284 Å². The van der Waals surface area contributed by atoms with Gasteiger partial charge in [0.15, 0.2) is 0 Å². The average Bonchev–Trinajstić information content (AvgIpc) is 3.05. The van der Waals surface area contributed by atoms with Crippen LogP contribution >= 0.6 is 0 Å².